The number of aromatic nitrogens is 2. The van der Waals surface area contributed by atoms with Crippen LogP contribution in [0.25, 0.3) is 11.4 Å². The number of halogens is 3. The number of hydrogen-bond donors (Lipinski definition) is 2. The van der Waals surface area contributed by atoms with Crippen molar-refractivity contribution in [3.63, 3.8) is 0 Å². The second-order valence-corrected chi connectivity index (χ2v) is 5.77. The summed E-state index contributed by atoms with van der Waals surface area (Å²) in [6, 6.07) is 12.6. The Morgan fingerprint density at radius 1 is 1.04 bits per heavy atom. The first-order valence-electron chi connectivity index (χ1n) is 7.87. The fourth-order valence-corrected chi connectivity index (χ4v) is 2.51. The summed E-state index contributed by atoms with van der Waals surface area (Å²) in [6.07, 6.45) is -4.47. The number of aromatic carboxylic acids is 1. The highest BCUT2D eigenvalue weighted by Crippen LogP contribution is 2.32. The molecule has 0 saturated carbocycles. The van der Waals surface area contributed by atoms with Crippen LogP contribution >= 0.6 is 0 Å². The summed E-state index contributed by atoms with van der Waals surface area (Å²) in [6.45, 7) is 1.67. The number of rotatable bonds is 4. The van der Waals surface area contributed by atoms with Crippen molar-refractivity contribution < 1.29 is 23.1 Å². The molecule has 1 aromatic heterocycles. The first-order chi connectivity index (χ1) is 12.7. The van der Waals surface area contributed by atoms with Crippen LogP contribution in [0.5, 0.6) is 0 Å². The van der Waals surface area contributed by atoms with Gasteiger partial charge in [0.05, 0.1) is 16.8 Å². The van der Waals surface area contributed by atoms with Gasteiger partial charge in [0.25, 0.3) is 0 Å². The molecule has 0 radical (unpaired) electrons. The quantitative estimate of drug-likeness (QED) is 0.679. The van der Waals surface area contributed by atoms with Gasteiger partial charge in [0.1, 0.15) is 5.82 Å². The Labute approximate surface area is 152 Å². The molecular weight excluding hydrogens is 359 g/mol. The summed E-state index contributed by atoms with van der Waals surface area (Å²) in [5.41, 5.74) is 0.305. The van der Waals surface area contributed by atoms with Crippen LogP contribution in [0.15, 0.2) is 54.6 Å². The Balaban J connectivity index is 2.00. The van der Waals surface area contributed by atoms with Crippen molar-refractivity contribution in [1.82, 2.24) is 9.97 Å². The molecule has 138 valence electrons. The molecule has 0 aliphatic rings. The Kier molecular flexibility index (Phi) is 4.81. The maximum absolute atomic E-state index is 12.9. The van der Waals surface area contributed by atoms with Crippen molar-refractivity contribution in [2.75, 3.05) is 5.32 Å². The van der Waals surface area contributed by atoms with E-state index < -0.39 is 17.7 Å². The first kappa shape index (κ1) is 18.4. The summed E-state index contributed by atoms with van der Waals surface area (Å²) in [5.74, 6) is -0.720. The van der Waals surface area contributed by atoms with Crippen LogP contribution in [0.2, 0.25) is 0 Å². The zero-order chi connectivity index (χ0) is 19.6. The summed E-state index contributed by atoms with van der Waals surface area (Å²) < 4.78 is 38.8. The molecule has 3 rings (SSSR count). The number of para-hydroxylation sites is 1. The Bertz CT molecular complexity index is 1000. The lowest BCUT2D eigenvalue weighted by Gasteiger charge is -2.12. The molecule has 0 spiro atoms. The van der Waals surface area contributed by atoms with Gasteiger partial charge in [-0.2, -0.15) is 13.2 Å². The van der Waals surface area contributed by atoms with Gasteiger partial charge in [-0.3, -0.25) is 0 Å². The minimum absolute atomic E-state index is 0.0504. The van der Waals surface area contributed by atoms with Gasteiger partial charge in [0, 0.05) is 17.3 Å². The summed E-state index contributed by atoms with van der Waals surface area (Å²) in [7, 11) is 0. The average Bonchev–Trinajstić information content (AvgIpc) is 2.61. The van der Waals surface area contributed by atoms with E-state index in [1.807, 2.05) is 0 Å². The van der Waals surface area contributed by atoms with Gasteiger partial charge in [0.15, 0.2) is 5.82 Å². The lowest BCUT2D eigenvalue weighted by molar-refractivity contribution is -0.137. The van der Waals surface area contributed by atoms with E-state index in [-0.39, 0.29) is 22.8 Å². The van der Waals surface area contributed by atoms with Crippen molar-refractivity contribution in [2.45, 2.75) is 13.1 Å². The van der Waals surface area contributed by atoms with E-state index in [9.17, 15) is 23.1 Å². The number of anilines is 2. The van der Waals surface area contributed by atoms with E-state index in [2.05, 4.69) is 15.3 Å². The lowest BCUT2D eigenvalue weighted by Crippen LogP contribution is -2.06. The molecule has 0 fully saturated rings. The van der Waals surface area contributed by atoms with Crippen LogP contribution < -0.4 is 5.32 Å². The second-order valence-electron chi connectivity index (χ2n) is 5.77. The number of alkyl halides is 3. The molecule has 0 bridgehead atoms. The summed E-state index contributed by atoms with van der Waals surface area (Å²) in [4.78, 5) is 19.8. The predicted octanol–water partition coefficient (Wildman–Crippen LogP) is 4.91. The van der Waals surface area contributed by atoms with Crippen LogP contribution in [0.1, 0.15) is 21.6 Å². The predicted molar refractivity (Wildman–Crippen MR) is 93.9 cm³/mol. The monoisotopic (exact) mass is 373 g/mol. The number of aryl methyl sites for hydroxylation is 1. The molecule has 1 heterocycles. The van der Waals surface area contributed by atoms with Crippen LogP contribution in [0.3, 0.4) is 0 Å². The van der Waals surface area contributed by atoms with E-state index in [1.165, 1.54) is 18.2 Å². The van der Waals surface area contributed by atoms with Gasteiger partial charge >= 0.3 is 12.1 Å². The van der Waals surface area contributed by atoms with Crippen LogP contribution in [-0.2, 0) is 6.18 Å². The summed E-state index contributed by atoms with van der Waals surface area (Å²) >= 11 is 0. The van der Waals surface area contributed by atoms with E-state index >= 15 is 0 Å². The Morgan fingerprint density at radius 2 is 1.78 bits per heavy atom. The van der Waals surface area contributed by atoms with Gasteiger partial charge in [-0.25, -0.2) is 14.8 Å². The van der Waals surface area contributed by atoms with E-state index in [0.29, 0.717) is 11.4 Å². The molecule has 2 N–H and O–H groups in total. The molecule has 0 aliphatic heterocycles. The molecular formula is C19H14F3N3O2. The number of hydrogen-bond acceptors (Lipinski definition) is 4. The van der Waals surface area contributed by atoms with Crippen LogP contribution in [-0.4, -0.2) is 21.0 Å². The average molecular weight is 373 g/mol. The van der Waals surface area contributed by atoms with Gasteiger partial charge in [0.2, 0.25) is 0 Å². The minimum atomic E-state index is -4.47. The third-order valence-electron chi connectivity index (χ3n) is 3.72. The topological polar surface area (TPSA) is 75.1 Å². The largest absolute Gasteiger partial charge is 0.478 e. The van der Waals surface area contributed by atoms with Crippen molar-refractivity contribution in [3.05, 3.63) is 71.4 Å². The zero-order valence-corrected chi connectivity index (χ0v) is 14.1. The maximum atomic E-state index is 12.9. The SMILES string of the molecule is Cc1cc(Nc2ccccc2C(=O)O)nc(-c2cccc(C(F)(F)F)c2)n1. The minimum Gasteiger partial charge on any atom is -0.478 e. The molecule has 3 aromatic rings. The first-order valence-corrected chi connectivity index (χ1v) is 7.87. The van der Waals surface area contributed by atoms with Crippen molar-refractivity contribution in [1.29, 1.82) is 0 Å². The van der Waals surface area contributed by atoms with Crippen molar-refractivity contribution in [3.8, 4) is 11.4 Å². The van der Waals surface area contributed by atoms with Gasteiger partial charge < -0.3 is 10.4 Å². The highest BCUT2D eigenvalue weighted by molar-refractivity contribution is 5.95. The molecule has 8 heteroatoms. The van der Waals surface area contributed by atoms with Crippen molar-refractivity contribution >= 4 is 17.5 Å². The van der Waals surface area contributed by atoms with E-state index in [4.69, 9.17) is 0 Å². The van der Waals surface area contributed by atoms with Gasteiger partial charge in [-0.05, 0) is 31.2 Å². The Hall–Kier alpha value is -3.42. The fourth-order valence-electron chi connectivity index (χ4n) is 2.51. The molecule has 0 atom stereocenters. The maximum Gasteiger partial charge on any atom is 0.416 e. The number of nitrogens with zero attached hydrogens (tertiary/aromatic N) is 2. The third-order valence-corrected chi connectivity index (χ3v) is 3.72. The van der Waals surface area contributed by atoms with Gasteiger partial charge in [-0.15, -0.1) is 0 Å². The van der Waals surface area contributed by atoms with Gasteiger partial charge in [-0.1, -0.05) is 24.3 Å². The number of nitrogens with one attached hydrogen (secondary N) is 1. The zero-order valence-electron chi connectivity index (χ0n) is 14.1. The molecule has 0 saturated heterocycles. The smallest absolute Gasteiger partial charge is 0.416 e. The number of carboxylic acid groups (broad SMARTS) is 1. The fraction of sp³-hybridized carbons (Fsp3) is 0.105. The normalized spacial score (nSPS) is 11.3. The third kappa shape index (κ3) is 4.22. The number of carbonyl (C=O) groups is 1. The second kappa shape index (κ2) is 7.06. The number of benzene rings is 2. The molecule has 2 aromatic carbocycles. The molecule has 0 unspecified atom stereocenters. The lowest BCUT2D eigenvalue weighted by atomic mass is 10.1. The highest BCUT2D eigenvalue weighted by atomic mass is 19.4. The molecule has 27 heavy (non-hydrogen) atoms. The molecule has 5 nitrogen and oxygen atoms in total. The van der Waals surface area contributed by atoms with Crippen molar-refractivity contribution in [2.24, 2.45) is 0 Å². The van der Waals surface area contributed by atoms with Crippen LogP contribution in [0.4, 0.5) is 24.7 Å². The Morgan fingerprint density at radius 3 is 2.48 bits per heavy atom. The molecule has 0 amide bonds. The van der Waals surface area contributed by atoms with E-state index in [0.717, 1.165) is 12.1 Å². The standard InChI is InChI=1S/C19H14F3N3O2/c1-11-9-16(24-15-8-3-2-7-14(15)18(26)27)25-17(23-11)12-5-4-6-13(10-12)19(20,21)22/h2-10H,1H3,(H,26,27)(H,23,24,25). The molecule has 0 aliphatic carbocycles. The summed E-state index contributed by atoms with van der Waals surface area (Å²) in [5, 5.41) is 12.2. The van der Waals surface area contributed by atoms with E-state index in [1.54, 1.807) is 31.2 Å². The highest BCUT2D eigenvalue weighted by Gasteiger charge is 2.30. The number of carboxylic acids is 1. The van der Waals surface area contributed by atoms with Crippen LogP contribution in [0, 0.1) is 6.92 Å².